The van der Waals surface area contributed by atoms with Gasteiger partial charge in [-0.2, -0.15) is 0 Å². The summed E-state index contributed by atoms with van der Waals surface area (Å²) in [7, 11) is 0. The molecule has 132 valence electrons. The van der Waals surface area contributed by atoms with Gasteiger partial charge in [-0.05, 0) is 20.8 Å². The highest BCUT2D eigenvalue weighted by Gasteiger charge is 2.44. The zero-order chi connectivity index (χ0) is 17.3. The number of halogens is 1. The molecule has 0 saturated carbocycles. The van der Waals surface area contributed by atoms with Crippen LogP contribution in [-0.4, -0.2) is 59.0 Å². The highest BCUT2D eigenvalue weighted by molar-refractivity contribution is 6.29. The summed E-state index contributed by atoms with van der Waals surface area (Å²) in [6, 6.07) is 1.60. The molecule has 1 aromatic heterocycles. The maximum atomic E-state index is 12.3. The van der Waals surface area contributed by atoms with E-state index in [1.54, 1.807) is 11.0 Å². The van der Waals surface area contributed by atoms with E-state index in [1.807, 2.05) is 20.8 Å². The van der Waals surface area contributed by atoms with Crippen molar-refractivity contribution in [3.63, 3.8) is 0 Å². The number of hydrogen-bond donors (Lipinski definition) is 0. The van der Waals surface area contributed by atoms with Crippen LogP contribution in [0, 0.1) is 11.8 Å². The van der Waals surface area contributed by atoms with Crippen LogP contribution in [0.4, 0.5) is 4.79 Å². The fourth-order valence-electron chi connectivity index (χ4n) is 3.09. The molecular formula is C16H22ClN3O4. The molecule has 0 radical (unpaired) electrons. The van der Waals surface area contributed by atoms with Crippen LogP contribution in [0.25, 0.3) is 0 Å². The van der Waals surface area contributed by atoms with Gasteiger partial charge in [-0.3, -0.25) is 0 Å². The van der Waals surface area contributed by atoms with E-state index in [-0.39, 0.29) is 24.0 Å². The third kappa shape index (κ3) is 4.08. The van der Waals surface area contributed by atoms with Gasteiger partial charge in [-0.1, -0.05) is 11.6 Å². The summed E-state index contributed by atoms with van der Waals surface area (Å²) in [5, 5.41) is 0.340. The van der Waals surface area contributed by atoms with E-state index < -0.39 is 5.60 Å². The molecule has 2 unspecified atom stereocenters. The van der Waals surface area contributed by atoms with E-state index in [9.17, 15) is 4.79 Å². The van der Waals surface area contributed by atoms with Gasteiger partial charge >= 0.3 is 6.09 Å². The lowest BCUT2D eigenvalue weighted by molar-refractivity contribution is -0.113. The molecule has 2 fully saturated rings. The molecule has 0 aromatic carbocycles. The Morgan fingerprint density at radius 2 is 1.96 bits per heavy atom. The van der Waals surface area contributed by atoms with Crippen LogP contribution in [0.5, 0.6) is 5.88 Å². The van der Waals surface area contributed by atoms with E-state index in [2.05, 4.69) is 9.97 Å². The monoisotopic (exact) mass is 355 g/mol. The summed E-state index contributed by atoms with van der Waals surface area (Å²) in [4.78, 5) is 22.0. The molecule has 0 aliphatic carbocycles. The maximum Gasteiger partial charge on any atom is 0.410 e. The fraction of sp³-hybridized carbons (Fsp3) is 0.688. The van der Waals surface area contributed by atoms with Gasteiger partial charge in [-0.15, -0.1) is 0 Å². The Morgan fingerprint density at radius 3 is 2.54 bits per heavy atom. The van der Waals surface area contributed by atoms with Gasteiger partial charge in [0.15, 0.2) is 0 Å². The second-order valence-electron chi connectivity index (χ2n) is 7.20. The number of amides is 1. The Balaban J connectivity index is 1.68. The van der Waals surface area contributed by atoms with Gasteiger partial charge in [0, 0.05) is 31.0 Å². The second-order valence-corrected chi connectivity index (χ2v) is 7.59. The summed E-state index contributed by atoms with van der Waals surface area (Å²) in [6.45, 7) is 7.75. The third-order valence-electron chi connectivity index (χ3n) is 4.02. The van der Waals surface area contributed by atoms with Crippen LogP contribution in [0.2, 0.25) is 5.15 Å². The van der Waals surface area contributed by atoms with E-state index in [0.717, 1.165) is 0 Å². The zero-order valence-corrected chi connectivity index (χ0v) is 14.8. The van der Waals surface area contributed by atoms with Crippen molar-refractivity contribution in [3.8, 4) is 5.88 Å². The predicted octanol–water partition coefficient (Wildman–Crippen LogP) is 2.39. The first-order valence-electron chi connectivity index (χ1n) is 8.02. The smallest absolute Gasteiger partial charge is 0.410 e. The average Bonchev–Trinajstić information content (AvgIpc) is 2.45. The zero-order valence-electron chi connectivity index (χ0n) is 14.1. The Labute approximate surface area is 146 Å². The number of carbonyl (C=O) groups is 1. The largest absolute Gasteiger partial charge is 0.473 e. The minimum Gasteiger partial charge on any atom is -0.473 e. The van der Waals surface area contributed by atoms with Gasteiger partial charge in [0.05, 0.1) is 13.2 Å². The fourth-order valence-corrected chi connectivity index (χ4v) is 3.23. The standard InChI is InChI=1S/C16H22ClN3O4/c1-16(2,3)24-15(21)20-5-10-7-22-8-11(6-20)14(10)23-13-4-12(17)18-9-19-13/h4,9-11,14H,5-8H2,1-3H3. The number of carbonyl (C=O) groups excluding carboxylic acids is 1. The molecule has 0 N–H and O–H groups in total. The topological polar surface area (TPSA) is 73.8 Å². The Kier molecular flexibility index (Phi) is 4.83. The number of ether oxygens (including phenoxy) is 3. The molecular weight excluding hydrogens is 334 g/mol. The second kappa shape index (κ2) is 6.72. The maximum absolute atomic E-state index is 12.3. The van der Waals surface area contributed by atoms with Gasteiger partial charge in [-0.25, -0.2) is 14.8 Å². The Bertz CT molecular complexity index is 593. The van der Waals surface area contributed by atoms with Crippen LogP contribution in [0.3, 0.4) is 0 Å². The van der Waals surface area contributed by atoms with Crippen molar-refractivity contribution in [1.82, 2.24) is 14.9 Å². The Morgan fingerprint density at radius 1 is 1.29 bits per heavy atom. The average molecular weight is 356 g/mol. The minimum atomic E-state index is -0.506. The van der Waals surface area contributed by atoms with Gasteiger partial charge in [0.2, 0.25) is 5.88 Å². The van der Waals surface area contributed by atoms with Crippen LogP contribution in [0.15, 0.2) is 12.4 Å². The molecule has 1 aromatic rings. The molecule has 1 amide bonds. The molecule has 2 saturated heterocycles. The first kappa shape index (κ1) is 17.2. The van der Waals surface area contributed by atoms with Crippen molar-refractivity contribution in [2.75, 3.05) is 26.3 Å². The van der Waals surface area contributed by atoms with Crippen molar-refractivity contribution in [2.24, 2.45) is 11.8 Å². The molecule has 0 spiro atoms. The molecule has 2 atom stereocenters. The van der Waals surface area contributed by atoms with E-state index in [4.69, 9.17) is 25.8 Å². The number of hydrogen-bond acceptors (Lipinski definition) is 6. The lowest BCUT2D eigenvalue weighted by Gasteiger charge is -2.46. The number of likely N-dealkylation sites (tertiary alicyclic amines) is 1. The van der Waals surface area contributed by atoms with Gasteiger partial charge < -0.3 is 19.1 Å². The summed E-state index contributed by atoms with van der Waals surface area (Å²) < 4.78 is 17.2. The molecule has 7 nitrogen and oxygen atoms in total. The molecule has 2 aliphatic heterocycles. The Hall–Kier alpha value is -1.60. The van der Waals surface area contributed by atoms with Crippen molar-refractivity contribution in [2.45, 2.75) is 32.5 Å². The van der Waals surface area contributed by atoms with Crippen LogP contribution < -0.4 is 4.74 Å². The summed E-state index contributed by atoms with van der Waals surface area (Å²) in [6.07, 6.45) is 1.02. The minimum absolute atomic E-state index is 0.0663. The summed E-state index contributed by atoms with van der Waals surface area (Å²) in [5.41, 5.74) is -0.506. The number of fused-ring (bicyclic) bond motifs is 2. The van der Waals surface area contributed by atoms with Crippen LogP contribution >= 0.6 is 11.6 Å². The number of piperidine rings is 1. The van der Waals surface area contributed by atoms with E-state index in [0.29, 0.717) is 37.3 Å². The summed E-state index contributed by atoms with van der Waals surface area (Å²) >= 11 is 5.88. The SMILES string of the molecule is CC(C)(C)OC(=O)N1CC2COCC(C1)C2Oc1cc(Cl)ncn1. The van der Waals surface area contributed by atoms with Crippen molar-refractivity contribution in [1.29, 1.82) is 0 Å². The molecule has 3 rings (SSSR count). The molecule has 3 heterocycles. The predicted molar refractivity (Wildman–Crippen MR) is 87.1 cm³/mol. The molecule has 2 aliphatic rings. The van der Waals surface area contributed by atoms with Crippen LogP contribution in [0.1, 0.15) is 20.8 Å². The van der Waals surface area contributed by atoms with Crippen LogP contribution in [-0.2, 0) is 9.47 Å². The highest BCUT2D eigenvalue weighted by Crippen LogP contribution is 2.32. The molecule has 24 heavy (non-hydrogen) atoms. The van der Waals surface area contributed by atoms with Crippen molar-refractivity contribution >= 4 is 17.7 Å². The summed E-state index contributed by atoms with van der Waals surface area (Å²) in [5.74, 6) is 0.583. The third-order valence-corrected chi connectivity index (χ3v) is 4.23. The van der Waals surface area contributed by atoms with Gasteiger partial charge in [0.1, 0.15) is 23.2 Å². The first-order valence-corrected chi connectivity index (χ1v) is 8.39. The van der Waals surface area contributed by atoms with E-state index >= 15 is 0 Å². The van der Waals surface area contributed by atoms with Crippen molar-refractivity contribution < 1.29 is 19.0 Å². The quantitative estimate of drug-likeness (QED) is 0.758. The normalized spacial score (nSPS) is 26.8. The highest BCUT2D eigenvalue weighted by atomic mass is 35.5. The lowest BCUT2D eigenvalue weighted by atomic mass is 9.84. The van der Waals surface area contributed by atoms with Gasteiger partial charge in [0.25, 0.3) is 0 Å². The number of rotatable bonds is 2. The molecule has 2 bridgehead atoms. The van der Waals surface area contributed by atoms with E-state index in [1.165, 1.54) is 6.33 Å². The number of aromatic nitrogens is 2. The first-order chi connectivity index (χ1) is 11.3. The number of nitrogens with zero attached hydrogens (tertiary/aromatic N) is 3. The lowest BCUT2D eigenvalue weighted by Crippen LogP contribution is -2.59. The molecule has 8 heteroatoms. The van der Waals surface area contributed by atoms with Crippen molar-refractivity contribution in [3.05, 3.63) is 17.5 Å².